The number of fused-ring (bicyclic) bond motifs is 1. The van der Waals surface area contributed by atoms with Gasteiger partial charge in [0.15, 0.2) is 10.9 Å². The fourth-order valence-electron chi connectivity index (χ4n) is 2.65. The number of benzene rings is 2. The van der Waals surface area contributed by atoms with Crippen molar-refractivity contribution in [3.8, 4) is 23.3 Å². The predicted molar refractivity (Wildman–Crippen MR) is 130 cm³/mol. The maximum absolute atomic E-state index is 12.3. The maximum atomic E-state index is 12.3. The number of aromatic nitrogens is 1. The van der Waals surface area contributed by atoms with Crippen LogP contribution in [0.5, 0.6) is 11.5 Å². The lowest BCUT2D eigenvalue weighted by Crippen LogP contribution is -2.20. The molecule has 1 aromatic heterocycles. The first-order valence-electron chi connectivity index (χ1n) is 10.2. The number of hydrogen-bond donors (Lipinski definition) is 1. The largest absolute Gasteiger partial charge is 0.484 e. The molecule has 8 heteroatoms. The van der Waals surface area contributed by atoms with Crippen molar-refractivity contribution >= 4 is 50.9 Å². The summed E-state index contributed by atoms with van der Waals surface area (Å²) in [5.41, 5.74) is 1.61. The average Bonchev–Trinajstić information content (AvgIpc) is 3.17. The number of carbonyl (C=O) groups is 2. The van der Waals surface area contributed by atoms with Gasteiger partial charge in [-0.25, -0.2) is 4.98 Å². The zero-order chi connectivity index (χ0) is 22.8. The topological polar surface area (TPSA) is 77.5 Å². The van der Waals surface area contributed by atoms with Gasteiger partial charge in [0.05, 0.1) is 10.2 Å². The normalized spacial score (nSPS) is 10.3. The minimum Gasteiger partial charge on any atom is -0.484 e. The van der Waals surface area contributed by atoms with Crippen LogP contribution >= 0.6 is 23.1 Å². The van der Waals surface area contributed by atoms with Crippen LogP contribution in [0.2, 0.25) is 0 Å². The van der Waals surface area contributed by atoms with E-state index in [-0.39, 0.29) is 12.5 Å². The Labute approximate surface area is 195 Å². The van der Waals surface area contributed by atoms with Crippen LogP contribution in [0, 0.1) is 11.8 Å². The average molecular weight is 469 g/mol. The molecule has 3 aromatic rings. The Kier molecular flexibility index (Phi) is 8.96. The number of amides is 1. The number of esters is 1. The quantitative estimate of drug-likeness (QED) is 0.146. The van der Waals surface area contributed by atoms with Crippen molar-refractivity contribution < 1.29 is 19.1 Å². The summed E-state index contributed by atoms with van der Waals surface area (Å²) in [5, 5.41) is 2.84. The van der Waals surface area contributed by atoms with Crippen LogP contribution in [0.15, 0.2) is 46.8 Å². The Morgan fingerprint density at radius 2 is 1.84 bits per heavy atom. The third-order valence-electron chi connectivity index (χ3n) is 4.06. The van der Waals surface area contributed by atoms with Gasteiger partial charge in [0.25, 0.3) is 5.91 Å². The highest BCUT2D eigenvalue weighted by Crippen LogP contribution is 2.31. The molecule has 0 atom stereocenters. The fraction of sp³-hybridized carbons (Fsp3) is 0.292. The number of nitrogens with one attached hydrogen (secondary N) is 1. The van der Waals surface area contributed by atoms with Crippen molar-refractivity contribution in [1.29, 1.82) is 0 Å². The Bertz CT molecular complexity index is 1130. The second-order valence-corrected chi connectivity index (χ2v) is 9.14. The third kappa shape index (κ3) is 7.59. The van der Waals surface area contributed by atoms with E-state index >= 15 is 0 Å². The summed E-state index contributed by atoms with van der Waals surface area (Å²) in [5.74, 6) is 7.53. The van der Waals surface area contributed by atoms with Crippen LogP contribution in [0.25, 0.3) is 10.2 Å². The number of thiazole rings is 1. The molecule has 0 aliphatic carbocycles. The number of ether oxygens (including phenoxy) is 2. The summed E-state index contributed by atoms with van der Waals surface area (Å²) in [6, 6.07) is 12.2. The van der Waals surface area contributed by atoms with Gasteiger partial charge in [-0.15, -0.1) is 23.2 Å². The van der Waals surface area contributed by atoms with Gasteiger partial charge in [-0.1, -0.05) is 18.7 Å². The van der Waals surface area contributed by atoms with Gasteiger partial charge in [0, 0.05) is 31.2 Å². The Hall–Kier alpha value is -3.02. The summed E-state index contributed by atoms with van der Waals surface area (Å²) < 4.78 is 12.5. The smallest absolute Gasteiger partial charge is 0.308 e. The van der Waals surface area contributed by atoms with E-state index in [0.29, 0.717) is 17.2 Å². The third-order valence-corrected chi connectivity index (χ3v) is 6.22. The van der Waals surface area contributed by atoms with Crippen LogP contribution < -0.4 is 14.8 Å². The van der Waals surface area contributed by atoms with Crippen molar-refractivity contribution in [2.75, 3.05) is 17.7 Å². The number of carbonyl (C=O) groups excluding carboxylic acids is 2. The molecule has 166 valence electrons. The maximum Gasteiger partial charge on any atom is 0.308 e. The second-order valence-electron chi connectivity index (χ2n) is 6.77. The molecule has 1 heterocycles. The lowest BCUT2D eigenvalue weighted by atomic mass is 10.3. The summed E-state index contributed by atoms with van der Waals surface area (Å²) in [6.45, 7) is 3.33. The van der Waals surface area contributed by atoms with Crippen LogP contribution in [-0.2, 0) is 9.59 Å². The molecule has 0 aliphatic rings. The van der Waals surface area contributed by atoms with E-state index < -0.39 is 5.97 Å². The molecule has 2 aromatic carbocycles. The molecule has 0 bridgehead atoms. The molecule has 0 unspecified atom stereocenters. The summed E-state index contributed by atoms with van der Waals surface area (Å²) in [7, 11) is 0. The van der Waals surface area contributed by atoms with Gasteiger partial charge in [0.1, 0.15) is 11.5 Å². The Morgan fingerprint density at radius 1 is 1.09 bits per heavy atom. The number of thioether (sulfide) groups is 1. The summed E-state index contributed by atoms with van der Waals surface area (Å²) >= 11 is 3.31. The van der Waals surface area contributed by atoms with E-state index in [1.54, 1.807) is 47.4 Å². The molecule has 0 fully saturated rings. The highest BCUT2D eigenvalue weighted by Gasteiger charge is 2.08. The first-order valence-corrected chi connectivity index (χ1v) is 12.0. The van der Waals surface area contributed by atoms with Crippen LogP contribution in [0.4, 0.5) is 5.69 Å². The molecular formula is C24H24N2O4S2. The monoisotopic (exact) mass is 468 g/mol. The van der Waals surface area contributed by atoms with Gasteiger partial charge in [-0.2, -0.15) is 0 Å². The Morgan fingerprint density at radius 3 is 2.59 bits per heavy atom. The predicted octanol–water partition coefficient (Wildman–Crippen LogP) is 5.52. The highest BCUT2D eigenvalue weighted by molar-refractivity contribution is 8.01. The first kappa shape index (κ1) is 23.6. The lowest BCUT2D eigenvalue weighted by molar-refractivity contribution is -0.131. The van der Waals surface area contributed by atoms with E-state index in [4.69, 9.17) is 9.47 Å². The molecule has 0 radical (unpaired) electrons. The van der Waals surface area contributed by atoms with Crippen molar-refractivity contribution in [2.24, 2.45) is 0 Å². The minimum absolute atomic E-state index is 0.131. The number of anilines is 1. The molecule has 0 aliphatic heterocycles. The zero-order valence-electron chi connectivity index (χ0n) is 18.0. The van der Waals surface area contributed by atoms with E-state index in [1.807, 2.05) is 18.2 Å². The van der Waals surface area contributed by atoms with Gasteiger partial charge >= 0.3 is 5.97 Å². The first-order chi connectivity index (χ1) is 15.5. The number of unbranched alkanes of at least 4 members (excludes halogenated alkanes) is 1. The molecule has 1 amide bonds. The standard InChI is InChI=1S/C24H24N2O4S2/c1-3-4-5-6-7-14-31-24-26-21-13-8-18(15-22(21)32-24)25-23(28)16-29-19-9-11-20(12-10-19)30-17(2)27/h8-13,15H,3-4,7,14,16H2,1-2H3,(H,25,28). The number of nitrogens with zero attached hydrogens (tertiary/aromatic N) is 1. The Balaban J connectivity index is 1.49. The van der Waals surface area contributed by atoms with Crippen LogP contribution in [-0.4, -0.2) is 29.2 Å². The molecule has 0 spiro atoms. The van der Waals surface area contributed by atoms with E-state index in [0.717, 1.165) is 39.6 Å². The fourth-order valence-corrected chi connectivity index (χ4v) is 4.68. The highest BCUT2D eigenvalue weighted by atomic mass is 32.2. The van der Waals surface area contributed by atoms with Gasteiger partial charge in [-0.05, 0) is 48.9 Å². The molecule has 6 nitrogen and oxygen atoms in total. The van der Waals surface area contributed by atoms with Crippen molar-refractivity contribution in [1.82, 2.24) is 4.98 Å². The SMILES string of the molecule is CCCC#CCCSc1nc2ccc(NC(=O)COc3ccc(OC(C)=O)cc3)cc2s1. The molecule has 0 saturated heterocycles. The summed E-state index contributed by atoms with van der Waals surface area (Å²) in [6.07, 6.45) is 2.90. The van der Waals surface area contributed by atoms with E-state index in [1.165, 1.54) is 6.92 Å². The molecular weight excluding hydrogens is 444 g/mol. The second kappa shape index (κ2) is 12.1. The molecule has 3 rings (SSSR count). The van der Waals surface area contributed by atoms with Gasteiger partial charge in [-0.3, -0.25) is 9.59 Å². The molecule has 0 saturated carbocycles. The van der Waals surface area contributed by atoms with Gasteiger partial charge < -0.3 is 14.8 Å². The van der Waals surface area contributed by atoms with Crippen LogP contribution in [0.1, 0.15) is 33.1 Å². The van der Waals surface area contributed by atoms with Crippen molar-refractivity contribution in [3.05, 3.63) is 42.5 Å². The molecule has 1 N–H and O–H groups in total. The van der Waals surface area contributed by atoms with Gasteiger partial charge in [0.2, 0.25) is 0 Å². The number of hydrogen-bond acceptors (Lipinski definition) is 7. The zero-order valence-corrected chi connectivity index (χ0v) is 19.6. The molecule has 32 heavy (non-hydrogen) atoms. The summed E-state index contributed by atoms with van der Waals surface area (Å²) in [4.78, 5) is 27.8. The van der Waals surface area contributed by atoms with Crippen molar-refractivity contribution in [2.45, 2.75) is 37.4 Å². The van der Waals surface area contributed by atoms with E-state index in [9.17, 15) is 9.59 Å². The van der Waals surface area contributed by atoms with E-state index in [2.05, 4.69) is 29.1 Å². The minimum atomic E-state index is -0.390. The van der Waals surface area contributed by atoms with Crippen LogP contribution in [0.3, 0.4) is 0 Å². The van der Waals surface area contributed by atoms with Crippen molar-refractivity contribution in [3.63, 3.8) is 0 Å². The number of rotatable bonds is 9. The lowest BCUT2D eigenvalue weighted by Gasteiger charge is -2.08.